The Kier molecular flexibility index (Phi) is 4.47. The number of halogens is 1. The van der Waals surface area contributed by atoms with E-state index in [1.807, 2.05) is 13.8 Å². The number of hydrogen-bond acceptors (Lipinski definition) is 3. The van der Waals surface area contributed by atoms with Gasteiger partial charge in [0.05, 0.1) is 11.4 Å². The van der Waals surface area contributed by atoms with Crippen LogP contribution in [0.25, 0.3) is 0 Å². The Morgan fingerprint density at radius 1 is 1.41 bits per heavy atom. The van der Waals surface area contributed by atoms with Crippen LogP contribution in [0.1, 0.15) is 19.4 Å². The Hall–Kier alpha value is -1.14. The fourth-order valence-electron chi connectivity index (χ4n) is 1.48. The number of sulfonamides is 1. The van der Waals surface area contributed by atoms with Gasteiger partial charge in [-0.3, -0.25) is 4.72 Å². The van der Waals surface area contributed by atoms with E-state index < -0.39 is 15.8 Å². The second-order valence-electron chi connectivity index (χ2n) is 4.28. The molecule has 0 unspecified atom stereocenters. The maximum Gasteiger partial charge on any atom is 0.232 e. The molecule has 0 spiro atoms. The maximum absolute atomic E-state index is 12.9. The second-order valence-corrected chi connectivity index (χ2v) is 6.05. The van der Waals surface area contributed by atoms with E-state index in [9.17, 15) is 12.8 Å². The molecule has 0 aromatic heterocycles. The van der Waals surface area contributed by atoms with E-state index in [-0.39, 0.29) is 18.2 Å². The molecule has 1 aromatic carbocycles. The standard InChI is InChI=1S/C11H17FN2O2S/c1-8(2)7-17(15,16)14-11-4-3-10(12)5-9(11)6-13/h3-5,8,14H,6-7,13H2,1-2H3. The van der Waals surface area contributed by atoms with Crippen molar-refractivity contribution >= 4 is 15.7 Å². The molecule has 0 radical (unpaired) electrons. The molecule has 0 atom stereocenters. The number of nitrogens with one attached hydrogen (secondary N) is 1. The summed E-state index contributed by atoms with van der Waals surface area (Å²) in [6.07, 6.45) is 0. The van der Waals surface area contributed by atoms with E-state index in [4.69, 9.17) is 5.73 Å². The van der Waals surface area contributed by atoms with Crippen molar-refractivity contribution in [3.63, 3.8) is 0 Å². The molecule has 96 valence electrons. The molecule has 0 amide bonds. The molecule has 0 fully saturated rings. The van der Waals surface area contributed by atoms with Gasteiger partial charge in [0.1, 0.15) is 5.82 Å². The summed E-state index contributed by atoms with van der Waals surface area (Å²) in [7, 11) is -3.41. The van der Waals surface area contributed by atoms with Gasteiger partial charge in [0, 0.05) is 6.54 Å². The topological polar surface area (TPSA) is 72.2 Å². The predicted octanol–water partition coefficient (Wildman–Crippen LogP) is 1.68. The van der Waals surface area contributed by atoms with Gasteiger partial charge in [-0.1, -0.05) is 13.8 Å². The molecule has 0 aliphatic heterocycles. The third kappa shape index (κ3) is 4.32. The van der Waals surface area contributed by atoms with Gasteiger partial charge in [-0.2, -0.15) is 0 Å². The highest BCUT2D eigenvalue weighted by Gasteiger charge is 2.14. The molecule has 0 saturated carbocycles. The normalized spacial score (nSPS) is 11.8. The van der Waals surface area contributed by atoms with Crippen molar-refractivity contribution in [1.29, 1.82) is 0 Å². The first-order valence-electron chi connectivity index (χ1n) is 5.33. The smallest absolute Gasteiger partial charge is 0.232 e. The van der Waals surface area contributed by atoms with Gasteiger partial charge in [-0.05, 0) is 29.7 Å². The average molecular weight is 260 g/mol. The maximum atomic E-state index is 12.9. The van der Waals surface area contributed by atoms with Gasteiger partial charge in [0.2, 0.25) is 10.0 Å². The molecular formula is C11H17FN2O2S. The fourth-order valence-corrected chi connectivity index (χ4v) is 2.97. The van der Waals surface area contributed by atoms with Gasteiger partial charge in [0.25, 0.3) is 0 Å². The van der Waals surface area contributed by atoms with Crippen molar-refractivity contribution in [2.75, 3.05) is 10.5 Å². The highest BCUT2D eigenvalue weighted by molar-refractivity contribution is 7.92. The zero-order valence-corrected chi connectivity index (χ0v) is 10.7. The number of hydrogen-bond donors (Lipinski definition) is 2. The van der Waals surface area contributed by atoms with Crippen LogP contribution < -0.4 is 10.5 Å². The summed E-state index contributed by atoms with van der Waals surface area (Å²) in [5.41, 5.74) is 6.22. The second kappa shape index (κ2) is 5.46. The molecule has 17 heavy (non-hydrogen) atoms. The van der Waals surface area contributed by atoms with E-state index in [0.29, 0.717) is 11.3 Å². The minimum absolute atomic E-state index is 0.0222. The first-order valence-corrected chi connectivity index (χ1v) is 6.98. The number of rotatable bonds is 5. The Balaban J connectivity index is 2.95. The van der Waals surface area contributed by atoms with E-state index in [1.165, 1.54) is 18.2 Å². The highest BCUT2D eigenvalue weighted by Crippen LogP contribution is 2.18. The van der Waals surface area contributed by atoms with Crippen LogP contribution in [0.2, 0.25) is 0 Å². The average Bonchev–Trinajstić information content (AvgIpc) is 2.18. The molecule has 0 saturated heterocycles. The Labute approximate surface area is 101 Å². The summed E-state index contributed by atoms with van der Waals surface area (Å²) in [4.78, 5) is 0. The molecule has 0 aliphatic rings. The van der Waals surface area contributed by atoms with Crippen LogP contribution in [0, 0.1) is 11.7 Å². The Morgan fingerprint density at radius 3 is 2.59 bits per heavy atom. The van der Waals surface area contributed by atoms with Gasteiger partial charge in [-0.15, -0.1) is 0 Å². The molecule has 0 aliphatic carbocycles. The fraction of sp³-hybridized carbons (Fsp3) is 0.455. The largest absolute Gasteiger partial charge is 0.326 e. The van der Waals surface area contributed by atoms with Crippen molar-refractivity contribution in [3.8, 4) is 0 Å². The van der Waals surface area contributed by atoms with Crippen LogP contribution in [-0.2, 0) is 16.6 Å². The third-order valence-electron chi connectivity index (χ3n) is 2.11. The van der Waals surface area contributed by atoms with Gasteiger partial charge < -0.3 is 5.73 Å². The summed E-state index contributed by atoms with van der Waals surface area (Å²) in [5.74, 6) is -0.388. The first kappa shape index (κ1) is 13.9. The zero-order valence-electron chi connectivity index (χ0n) is 9.90. The van der Waals surface area contributed by atoms with E-state index in [2.05, 4.69) is 4.72 Å². The molecule has 4 nitrogen and oxygen atoms in total. The van der Waals surface area contributed by atoms with Crippen molar-refractivity contribution in [2.24, 2.45) is 11.7 Å². The number of anilines is 1. The highest BCUT2D eigenvalue weighted by atomic mass is 32.2. The van der Waals surface area contributed by atoms with Crippen LogP contribution in [0.15, 0.2) is 18.2 Å². The summed E-state index contributed by atoms with van der Waals surface area (Å²) >= 11 is 0. The SMILES string of the molecule is CC(C)CS(=O)(=O)Nc1ccc(F)cc1CN. The Morgan fingerprint density at radius 2 is 2.06 bits per heavy atom. The number of benzene rings is 1. The van der Waals surface area contributed by atoms with Gasteiger partial charge in [-0.25, -0.2) is 12.8 Å². The molecule has 3 N–H and O–H groups in total. The Bertz CT molecular complexity index is 486. The number of nitrogens with two attached hydrogens (primary N) is 1. The monoisotopic (exact) mass is 260 g/mol. The van der Waals surface area contributed by atoms with E-state index >= 15 is 0 Å². The lowest BCUT2D eigenvalue weighted by Gasteiger charge is -2.12. The molecule has 0 bridgehead atoms. The minimum atomic E-state index is -3.41. The molecular weight excluding hydrogens is 243 g/mol. The lowest BCUT2D eigenvalue weighted by Crippen LogP contribution is -2.21. The molecule has 1 aromatic rings. The van der Waals surface area contributed by atoms with Gasteiger partial charge >= 0.3 is 0 Å². The summed E-state index contributed by atoms with van der Waals surface area (Å²) in [6, 6.07) is 3.81. The van der Waals surface area contributed by atoms with Crippen molar-refractivity contribution in [3.05, 3.63) is 29.6 Å². The van der Waals surface area contributed by atoms with Gasteiger partial charge in [0.15, 0.2) is 0 Å². The molecule has 1 rings (SSSR count). The van der Waals surface area contributed by atoms with Crippen molar-refractivity contribution in [2.45, 2.75) is 20.4 Å². The lowest BCUT2D eigenvalue weighted by atomic mass is 10.2. The zero-order chi connectivity index (χ0) is 13.1. The molecule has 6 heteroatoms. The van der Waals surface area contributed by atoms with E-state index in [0.717, 1.165) is 0 Å². The van der Waals surface area contributed by atoms with Crippen LogP contribution in [0.4, 0.5) is 10.1 Å². The first-order chi connectivity index (χ1) is 7.84. The van der Waals surface area contributed by atoms with Crippen LogP contribution in [0.5, 0.6) is 0 Å². The predicted molar refractivity (Wildman–Crippen MR) is 66.5 cm³/mol. The third-order valence-corrected chi connectivity index (χ3v) is 3.74. The van der Waals surface area contributed by atoms with Crippen molar-refractivity contribution < 1.29 is 12.8 Å². The lowest BCUT2D eigenvalue weighted by molar-refractivity contribution is 0.587. The van der Waals surface area contributed by atoms with Crippen molar-refractivity contribution in [1.82, 2.24) is 0 Å². The summed E-state index contributed by atoms with van der Waals surface area (Å²) in [5, 5.41) is 0. The summed E-state index contributed by atoms with van der Waals surface area (Å²) in [6.45, 7) is 3.71. The molecule has 0 heterocycles. The van der Waals surface area contributed by atoms with Crippen LogP contribution in [0.3, 0.4) is 0 Å². The van der Waals surface area contributed by atoms with E-state index in [1.54, 1.807) is 0 Å². The minimum Gasteiger partial charge on any atom is -0.326 e. The quantitative estimate of drug-likeness (QED) is 0.846. The summed E-state index contributed by atoms with van der Waals surface area (Å²) < 4.78 is 38.8. The van der Waals surface area contributed by atoms with Crippen LogP contribution in [-0.4, -0.2) is 14.2 Å². The van der Waals surface area contributed by atoms with Crippen LogP contribution >= 0.6 is 0 Å².